The minimum absolute atomic E-state index is 0. The van der Waals surface area contributed by atoms with Crippen LogP contribution >= 0.6 is 0 Å². The maximum absolute atomic E-state index is 10.4. The third-order valence-corrected chi connectivity index (χ3v) is 1.83. The number of nitrogens with zero attached hydrogens (tertiary/aromatic N) is 2. The van der Waals surface area contributed by atoms with Gasteiger partial charge in [-0.3, -0.25) is 0 Å². The van der Waals surface area contributed by atoms with Crippen LogP contribution in [-0.2, 0) is 4.79 Å². The number of nitrogens with one attached hydrogen (secondary N) is 1. The number of anilines is 1. The van der Waals surface area contributed by atoms with Crippen LogP contribution in [0.5, 0.6) is 0 Å². The van der Waals surface area contributed by atoms with Gasteiger partial charge in [0.2, 0.25) is 6.54 Å². The first kappa shape index (κ1) is 15.1. The number of benzene rings is 1. The molecule has 0 amide bonds. The number of aryl methyl sites for hydroxylation is 1. The summed E-state index contributed by atoms with van der Waals surface area (Å²) in [6.07, 6.45) is 0. The minimum Gasteiger partial charge on any atom is -0.543 e. The van der Waals surface area contributed by atoms with Crippen molar-refractivity contribution in [2.75, 3.05) is 19.0 Å². The second kappa shape index (κ2) is 7.38. The molecule has 1 rings (SSSR count). The van der Waals surface area contributed by atoms with E-state index in [9.17, 15) is 9.90 Å². The molecule has 0 aliphatic carbocycles. The quantitative estimate of drug-likeness (QED) is 0.262. The van der Waals surface area contributed by atoms with Crippen LogP contribution in [0, 0.1) is 6.92 Å². The van der Waals surface area contributed by atoms with Crippen molar-refractivity contribution >= 4 is 11.7 Å². The van der Waals surface area contributed by atoms with Gasteiger partial charge >= 0.3 is 29.6 Å². The molecule has 0 aliphatic rings. The predicted octanol–water partition coefficient (Wildman–Crippen LogP) is -2.83. The SMILES string of the molecule is CN=[N+](CC(=O)[O-])Nc1ccc(C)cc1.[Na+]. The van der Waals surface area contributed by atoms with Gasteiger partial charge in [0.25, 0.3) is 0 Å². The van der Waals surface area contributed by atoms with Crippen molar-refractivity contribution in [2.45, 2.75) is 6.92 Å². The predicted molar refractivity (Wildman–Crippen MR) is 53.3 cm³/mol. The van der Waals surface area contributed by atoms with Crippen LogP contribution in [-0.4, -0.2) is 24.4 Å². The van der Waals surface area contributed by atoms with Crippen LogP contribution in [0.1, 0.15) is 5.56 Å². The first-order chi connectivity index (χ1) is 7.11. The standard InChI is InChI=1S/C10H13N3O2.Na/c1-8-3-5-9(6-4-8)12-13(11-2)7-10(14)15;/h3-6H,7H2,1-2H3,(H-,11,12,14,15);/q;+1. The Balaban J connectivity index is 0.00000225. The first-order valence-electron chi connectivity index (χ1n) is 4.52. The molecule has 1 N–H and O–H groups in total. The molecular weight excluding hydrogens is 217 g/mol. The van der Waals surface area contributed by atoms with Crippen molar-refractivity contribution in [2.24, 2.45) is 5.11 Å². The van der Waals surface area contributed by atoms with Gasteiger partial charge in [-0.15, -0.1) is 5.43 Å². The Bertz CT molecular complexity index is 376. The van der Waals surface area contributed by atoms with Gasteiger partial charge < -0.3 is 9.90 Å². The minimum atomic E-state index is -1.18. The summed E-state index contributed by atoms with van der Waals surface area (Å²) < 4.78 is 0. The van der Waals surface area contributed by atoms with E-state index in [1.807, 2.05) is 31.2 Å². The number of hydrogen-bond donors (Lipinski definition) is 1. The number of azo groups is 1. The summed E-state index contributed by atoms with van der Waals surface area (Å²) in [6, 6.07) is 7.55. The molecule has 0 spiro atoms. The van der Waals surface area contributed by atoms with Crippen molar-refractivity contribution in [3.05, 3.63) is 29.8 Å². The van der Waals surface area contributed by atoms with E-state index in [1.54, 1.807) is 0 Å². The number of hydrazine groups is 1. The van der Waals surface area contributed by atoms with Crippen LogP contribution in [0.3, 0.4) is 0 Å². The molecule has 80 valence electrons. The van der Waals surface area contributed by atoms with Crippen molar-refractivity contribution in [1.29, 1.82) is 0 Å². The summed E-state index contributed by atoms with van der Waals surface area (Å²) in [5.74, 6) is -1.18. The van der Waals surface area contributed by atoms with E-state index in [1.165, 1.54) is 11.9 Å². The maximum atomic E-state index is 10.4. The summed E-state index contributed by atoms with van der Waals surface area (Å²) in [4.78, 5) is 11.6. The van der Waals surface area contributed by atoms with Crippen molar-refractivity contribution < 1.29 is 44.3 Å². The molecule has 5 nitrogen and oxygen atoms in total. The van der Waals surface area contributed by atoms with Gasteiger partial charge in [-0.2, -0.15) is 0 Å². The Morgan fingerprint density at radius 2 is 2.00 bits per heavy atom. The smallest absolute Gasteiger partial charge is 0.543 e. The molecule has 0 fully saturated rings. The molecule has 1 aromatic carbocycles. The zero-order valence-electron chi connectivity index (χ0n) is 9.73. The molecule has 0 saturated carbocycles. The van der Waals surface area contributed by atoms with Gasteiger partial charge in [0.05, 0.1) is 12.7 Å². The molecule has 0 aromatic heterocycles. The van der Waals surface area contributed by atoms with Crippen molar-refractivity contribution in [3.8, 4) is 0 Å². The van der Waals surface area contributed by atoms with E-state index in [2.05, 4.69) is 10.5 Å². The maximum Gasteiger partial charge on any atom is 1.00 e. The van der Waals surface area contributed by atoms with Crippen molar-refractivity contribution in [3.63, 3.8) is 0 Å². The largest absolute Gasteiger partial charge is 1.00 e. The van der Waals surface area contributed by atoms with Crippen LogP contribution in [0.25, 0.3) is 0 Å². The van der Waals surface area contributed by atoms with Gasteiger partial charge in [0.15, 0.2) is 0 Å². The van der Waals surface area contributed by atoms with Crippen LogP contribution in [0.4, 0.5) is 5.69 Å². The van der Waals surface area contributed by atoms with Crippen LogP contribution in [0.15, 0.2) is 29.4 Å². The summed E-state index contributed by atoms with van der Waals surface area (Å²) in [5, 5.41) is 14.1. The fourth-order valence-corrected chi connectivity index (χ4v) is 1.06. The Morgan fingerprint density at radius 3 is 2.44 bits per heavy atom. The van der Waals surface area contributed by atoms with Crippen LogP contribution in [0.2, 0.25) is 0 Å². The number of hydrogen-bond acceptors (Lipinski definition) is 3. The summed E-state index contributed by atoms with van der Waals surface area (Å²) in [5.41, 5.74) is 4.76. The van der Waals surface area contributed by atoms with Gasteiger partial charge in [-0.25, -0.2) is 0 Å². The topological polar surface area (TPSA) is 67.5 Å². The third kappa shape index (κ3) is 5.25. The molecule has 6 heteroatoms. The first-order valence-corrected chi connectivity index (χ1v) is 4.52. The third-order valence-electron chi connectivity index (χ3n) is 1.83. The van der Waals surface area contributed by atoms with Gasteiger partial charge in [-0.05, 0) is 29.0 Å². The number of carbonyl (C=O) groups is 1. The molecule has 0 aliphatic heterocycles. The van der Waals surface area contributed by atoms with E-state index in [-0.39, 0.29) is 36.1 Å². The normalized spacial score (nSPS) is 10.5. The molecule has 0 radical (unpaired) electrons. The Hall–Kier alpha value is -0.910. The number of carboxylic acid groups (broad SMARTS) is 1. The average molecular weight is 230 g/mol. The second-order valence-corrected chi connectivity index (χ2v) is 3.11. The second-order valence-electron chi connectivity index (χ2n) is 3.11. The van der Waals surface area contributed by atoms with Gasteiger partial charge in [0.1, 0.15) is 5.97 Å². The molecule has 1 aromatic rings. The summed E-state index contributed by atoms with van der Waals surface area (Å²) >= 11 is 0. The molecule has 0 bridgehead atoms. The van der Waals surface area contributed by atoms with Crippen molar-refractivity contribution in [1.82, 2.24) is 0 Å². The molecule has 0 heterocycles. The molecule has 0 unspecified atom stereocenters. The van der Waals surface area contributed by atoms with Gasteiger partial charge in [-0.1, -0.05) is 17.7 Å². The summed E-state index contributed by atoms with van der Waals surface area (Å²) in [7, 11) is 1.50. The fourth-order valence-electron chi connectivity index (χ4n) is 1.06. The Kier molecular flexibility index (Phi) is 6.96. The van der Waals surface area contributed by atoms with E-state index in [0.717, 1.165) is 11.3 Å². The number of rotatable bonds is 4. The average Bonchev–Trinajstić information content (AvgIpc) is 2.19. The van der Waals surface area contributed by atoms with Gasteiger partial charge in [0, 0.05) is 0 Å². The number of aliphatic carboxylic acids is 1. The monoisotopic (exact) mass is 230 g/mol. The molecule has 0 atom stereocenters. The van der Waals surface area contributed by atoms with E-state index in [4.69, 9.17) is 0 Å². The van der Waals surface area contributed by atoms with E-state index >= 15 is 0 Å². The Labute approximate surface area is 116 Å². The van der Waals surface area contributed by atoms with E-state index < -0.39 is 5.97 Å². The summed E-state index contributed by atoms with van der Waals surface area (Å²) in [6.45, 7) is 1.69. The van der Waals surface area contributed by atoms with E-state index in [0.29, 0.717) is 0 Å². The molecule has 0 saturated heterocycles. The number of carbonyl (C=O) groups excluding carboxylic acids is 1. The number of carboxylic acids is 1. The fraction of sp³-hybridized carbons (Fsp3) is 0.300. The Morgan fingerprint density at radius 1 is 1.44 bits per heavy atom. The molecule has 16 heavy (non-hydrogen) atoms. The molecular formula is C10H13N3NaO2+. The zero-order chi connectivity index (χ0) is 11.3. The van der Waals surface area contributed by atoms with Crippen LogP contribution < -0.4 is 40.1 Å². The zero-order valence-corrected chi connectivity index (χ0v) is 11.7.